The molecule has 10 heteroatoms. The van der Waals surface area contributed by atoms with Crippen molar-refractivity contribution in [1.29, 1.82) is 0 Å². The average molecular weight is 498 g/mol. The van der Waals surface area contributed by atoms with Crippen LogP contribution in [0.25, 0.3) is 0 Å². The predicted octanol–water partition coefficient (Wildman–Crippen LogP) is 2.35. The molecule has 1 unspecified atom stereocenters. The number of piperidine rings is 1. The van der Waals surface area contributed by atoms with Crippen LogP contribution in [0.3, 0.4) is 0 Å². The SMILES string of the molecule is COc1ccccc1OCCNC(=O)CN1CC2(CCN(C(=O)C3CC3)CC2)CC1c1nc(C)no1. The highest BCUT2D eigenvalue weighted by molar-refractivity contribution is 5.81. The second-order valence-electron chi connectivity index (χ2n) is 10.3. The minimum absolute atomic E-state index is 0.0423. The van der Waals surface area contributed by atoms with Gasteiger partial charge in [0.1, 0.15) is 6.61 Å². The van der Waals surface area contributed by atoms with Crippen LogP contribution < -0.4 is 14.8 Å². The molecule has 2 aliphatic heterocycles. The zero-order chi connectivity index (χ0) is 25.1. The summed E-state index contributed by atoms with van der Waals surface area (Å²) in [4.78, 5) is 34.1. The molecule has 1 aromatic heterocycles. The van der Waals surface area contributed by atoms with Gasteiger partial charge in [-0.25, -0.2) is 0 Å². The molecule has 36 heavy (non-hydrogen) atoms. The van der Waals surface area contributed by atoms with Crippen LogP contribution in [0.15, 0.2) is 28.8 Å². The third-order valence-electron chi connectivity index (χ3n) is 7.59. The maximum Gasteiger partial charge on any atom is 0.244 e. The lowest BCUT2D eigenvalue weighted by molar-refractivity contribution is -0.134. The summed E-state index contributed by atoms with van der Waals surface area (Å²) in [6.45, 7) is 5.11. The molecule has 3 aliphatic rings. The molecule has 5 rings (SSSR count). The summed E-state index contributed by atoms with van der Waals surface area (Å²) in [5, 5.41) is 6.94. The van der Waals surface area contributed by atoms with Gasteiger partial charge in [-0.2, -0.15) is 4.98 Å². The highest BCUT2D eigenvalue weighted by atomic mass is 16.5. The lowest BCUT2D eigenvalue weighted by Crippen LogP contribution is -2.45. The Labute approximate surface area is 211 Å². The maximum atomic E-state index is 12.9. The van der Waals surface area contributed by atoms with Crippen LogP contribution in [0.5, 0.6) is 11.5 Å². The number of aromatic nitrogens is 2. The summed E-state index contributed by atoms with van der Waals surface area (Å²) in [6.07, 6.45) is 4.78. The summed E-state index contributed by atoms with van der Waals surface area (Å²) in [6, 6.07) is 7.33. The number of nitrogens with zero attached hydrogens (tertiary/aromatic N) is 4. The predicted molar refractivity (Wildman–Crippen MR) is 130 cm³/mol. The van der Waals surface area contributed by atoms with Crippen molar-refractivity contribution in [3.8, 4) is 11.5 Å². The fourth-order valence-corrected chi connectivity index (χ4v) is 5.48. The van der Waals surface area contributed by atoms with Crippen molar-refractivity contribution in [3.05, 3.63) is 36.0 Å². The minimum Gasteiger partial charge on any atom is -0.493 e. The van der Waals surface area contributed by atoms with E-state index in [1.807, 2.05) is 29.2 Å². The first-order valence-corrected chi connectivity index (χ1v) is 12.8. The number of rotatable bonds is 9. The van der Waals surface area contributed by atoms with Crippen LogP contribution in [0.2, 0.25) is 0 Å². The van der Waals surface area contributed by atoms with Gasteiger partial charge in [-0.1, -0.05) is 17.3 Å². The number of hydrogen-bond acceptors (Lipinski definition) is 8. The number of carbonyl (C=O) groups excluding carboxylic acids is 2. The average Bonchev–Trinajstić information content (AvgIpc) is 3.56. The number of aryl methyl sites for hydroxylation is 1. The highest BCUT2D eigenvalue weighted by Crippen LogP contribution is 2.49. The van der Waals surface area contributed by atoms with E-state index in [9.17, 15) is 9.59 Å². The van der Waals surface area contributed by atoms with Crippen molar-refractivity contribution in [3.63, 3.8) is 0 Å². The Morgan fingerprint density at radius 2 is 1.94 bits per heavy atom. The van der Waals surface area contributed by atoms with Crippen molar-refractivity contribution in [1.82, 2.24) is 25.3 Å². The Hall–Kier alpha value is -3.14. The van der Waals surface area contributed by atoms with Crippen molar-refractivity contribution in [2.24, 2.45) is 11.3 Å². The van der Waals surface area contributed by atoms with E-state index in [1.165, 1.54) is 0 Å². The van der Waals surface area contributed by atoms with Crippen LogP contribution in [0, 0.1) is 18.3 Å². The summed E-state index contributed by atoms with van der Waals surface area (Å²) < 4.78 is 16.6. The van der Waals surface area contributed by atoms with Gasteiger partial charge in [-0.05, 0) is 56.6 Å². The lowest BCUT2D eigenvalue weighted by atomic mass is 9.76. The quantitative estimate of drug-likeness (QED) is 0.526. The number of hydrogen-bond donors (Lipinski definition) is 1. The van der Waals surface area contributed by atoms with Crippen molar-refractivity contribution >= 4 is 11.8 Å². The third kappa shape index (κ3) is 5.48. The molecule has 10 nitrogen and oxygen atoms in total. The first-order chi connectivity index (χ1) is 17.5. The zero-order valence-corrected chi connectivity index (χ0v) is 21.1. The van der Waals surface area contributed by atoms with Gasteiger partial charge in [0.2, 0.25) is 17.7 Å². The number of benzene rings is 1. The molecule has 1 atom stereocenters. The number of amides is 2. The van der Waals surface area contributed by atoms with E-state index < -0.39 is 0 Å². The van der Waals surface area contributed by atoms with E-state index in [-0.39, 0.29) is 29.8 Å². The molecular formula is C26H35N5O5. The molecule has 1 saturated carbocycles. The van der Waals surface area contributed by atoms with Gasteiger partial charge < -0.3 is 24.2 Å². The molecule has 0 radical (unpaired) electrons. The van der Waals surface area contributed by atoms with E-state index in [4.69, 9.17) is 14.0 Å². The van der Waals surface area contributed by atoms with Crippen molar-refractivity contribution in [2.45, 2.75) is 45.1 Å². The maximum absolute atomic E-state index is 12.9. The summed E-state index contributed by atoms with van der Waals surface area (Å²) in [7, 11) is 1.60. The standard InChI is InChI=1S/C26H35N5O5/c1-18-28-24(36-29-18)20-15-26(9-12-30(13-10-26)25(33)19-7-8-19)17-31(20)16-23(32)27-11-14-35-22-6-4-3-5-21(22)34-2/h3-6,19-20H,7-17H2,1-2H3,(H,27,32). The highest BCUT2D eigenvalue weighted by Gasteiger charge is 2.49. The fourth-order valence-electron chi connectivity index (χ4n) is 5.48. The van der Waals surface area contributed by atoms with E-state index in [2.05, 4.69) is 20.4 Å². The molecule has 2 saturated heterocycles. The molecular weight excluding hydrogens is 462 g/mol. The van der Waals surface area contributed by atoms with E-state index in [1.54, 1.807) is 14.0 Å². The Bertz CT molecular complexity index is 1080. The Morgan fingerprint density at radius 1 is 1.19 bits per heavy atom. The van der Waals surface area contributed by atoms with E-state index in [0.29, 0.717) is 42.3 Å². The Morgan fingerprint density at radius 3 is 2.61 bits per heavy atom. The molecule has 0 bridgehead atoms. The second kappa shape index (κ2) is 10.5. The lowest BCUT2D eigenvalue weighted by Gasteiger charge is -2.39. The van der Waals surface area contributed by atoms with Crippen LogP contribution >= 0.6 is 0 Å². The molecule has 3 heterocycles. The normalized spacial score (nSPS) is 21.5. The van der Waals surface area contributed by atoms with Gasteiger partial charge in [0, 0.05) is 25.6 Å². The second-order valence-corrected chi connectivity index (χ2v) is 10.3. The van der Waals surface area contributed by atoms with Crippen LogP contribution in [0.1, 0.15) is 49.9 Å². The molecule has 1 aliphatic carbocycles. The van der Waals surface area contributed by atoms with Crippen molar-refractivity contribution in [2.75, 3.05) is 46.4 Å². The van der Waals surface area contributed by atoms with Gasteiger partial charge in [0.25, 0.3) is 0 Å². The Kier molecular flexibility index (Phi) is 7.13. The zero-order valence-electron chi connectivity index (χ0n) is 21.1. The van der Waals surface area contributed by atoms with Crippen molar-refractivity contribution < 1.29 is 23.6 Å². The number of nitrogens with one attached hydrogen (secondary N) is 1. The van der Waals surface area contributed by atoms with E-state index >= 15 is 0 Å². The van der Waals surface area contributed by atoms with Gasteiger partial charge in [0.05, 0.1) is 26.2 Å². The topological polar surface area (TPSA) is 110 Å². The van der Waals surface area contributed by atoms with Crippen LogP contribution in [0.4, 0.5) is 0 Å². The largest absolute Gasteiger partial charge is 0.493 e. The number of likely N-dealkylation sites (tertiary alicyclic amines) is 2. The van der Waals surface area contributed by atoms with Gasteiger partial charge in [0.15, 0.2) is 17.3 Å². The first kappa shape index (κ1) is 24.5. The monoisotopic (exact) mass is 497 g/mol. The summed E-state index contributed by atoms with van der Waals surface area (Å²) >= 11 is 0. The number of ether oxygens (including phenoxy) is 2. The third-order valence-corrected chi connectivity index (χ3v) is 7.59. The smallest absolute Gasteiger partial charge is 0.244 e. The number of methoxy groups -OCH3 is 1. The first-order valence-electron chi connectivity index (χ1n) is 12.8. The number of carbonyl (C=O) groups is 2. The summed E-state index contributed by atoms with van der Waals surface area (Å²) in [5.41, 5.74) is 0.0423. The fraction of sp³-hybridized carbons (Fsp3) is 0.615. The Balaban J connectivity index is 1.16. The minimum atomic E-state index is -0.104. The van der Waals surface area contributed by atoms with Crippen LogP contribution in [-0.2, 0) is 9.59 Å². The molecule has 2 aromatic rings. The van der Waals surface area contributed by atoms with Gasteiger partial charge in [-0.15, -0.1) is 0 Å². The van der Waals surface area contributed by atoms with Gasteiger partial charge >= 0.3 is 0 Å². The van der Waals surface area contributed by atoms with E-state index in [0.717, 1.165) is 51.7 Å². The molecule has 1 spiro atoms. The molecule has 1 aromatic carbocycles. The summed E-state index contributed by atoms with van der Waals surface area (Å²) in [5.74, 6) is 2.96. The molecule has 194 valence electrons. The molecule has 3 fully saturated rings. The molecule has 1 N–H and O–H groups in total. The van der Waals surface area contributed by atoms with Gasteiger partial charge in [-0.3, -0.25) is 14.5 Å². The van der Waals surface area contributed by atoms with Crippen LogP contribution in [-0.4, -0.2) is 78.2 Å². The molecule has 2 amide bonds. The number of para-hydroxylation sites is 2.